The Kier molecular flexibility index (Phi) is 0.870. The van der Waals surface area contributed by atoms with Gasteiger partial charge in [-0.15, -0.1) is 0 Å². The number of hydrogen-bond acceptors (Lipinski definition) is 0. The molecule has 3 rings (SSSR count). The van der Waals surface area contributed by atoms with Crippen LogP contribution in [0, 0.1) is 11.3 Å². The summed E-state index contributed by atoms with van der Waals surface area (Å²) in [7, 11) is 0. The van der Waals surface area contributed by atoms with Gasteiger partial charge in [-0.3, -0.25) is 0 Å². The molecule has 1 fully saturated rings. The van der Waals surface area contributed by atoms with E-state index in [0.29, 0.717) is 5.41 Å². The SMILES string of the molecule is CC1=CCC2CC1(C)C2. The number of rotatable bonds is 0. The molecule has 3 aliphatic rings. The lowest BCUT2D eigenvalue weighted by Gasteiger charge is -2.50. The van der Waals surface area contributed by atoms with Crippen LogP contribution in [0.15, 0.2) is 11.6 Å². The molecule has 0 amide bonds. The first-order chi connectivity index (χ1) is 4.21. The van der Waals surface area contributed by atoms with Crippen LogP contribution in [0.3, 0.4) is 0 Å². The lowest BCUT2D eigenvalue weighted by Crippen LogP contribution is -2.38. The fourth-order valence-corrected chi connectivity index (χ4v) is 2.29. The van der Waals surface area contributed by atoms with Crippen LogP contribution in [0.4, 0.5) is 0 Å². The summed E-state index contributed by atoms with van der Waals surface area (Å²) in [6, 6.07) is 0. The van der Waals surface area contributed by atoms with E-state index in [4.69, 9.17) is 0 Å². The van der Waals surface area contributed by atoms with Gasteiger partial charge in [0.1, 0.15) is 0 Å². The molecule has 0 heteroatoms. The summed E-state index contributed by atoms with van der Waals surface area (Å²) in [5.41, 5.74) is 2.29. The zero-order chi connectivity index (χ0) is 6.48. The van der Waals surface area contributed by atoms with Crippen LogP contribution in [-0.2, 0) is 0 Å². The molecule has 0 aromatic carbocycles. The van der Waals surface area contributed by atoms with E-state index in [0.717, 1.165) is 5.92 Å². The highest BCUT2D eigenvalue weighted by atomic mass is 14.5. The Morgan fingerprint density at radius 1 is 1.56 bits per heavy atom. The normalized spacial score (nSPS) is 47.8. The van der Waals surface area contributed by atoms with Crippen molar-refractivity contribution in [3.63, 3.8) is 0 Å². The Bertz CT molecular complexity index is 159. The van der Waals surface area contributed by atoms with Crippen molar-refractivity contribution >= 4 is 0 Å². The average molecular weight is 122 g/mol. The van der Waals surface area contributed by atoms with Crippen molar-refractivity contribution in [1.29, 1.82) is 0 Å². The molecule has 50 valence electrons. The van der Waals surface area contributed by atoms with Crippen molar-refractivity contribution in [2.45, 2.75) is 33.1 Å². The first-order valence-corrected chi connectivity index (χ1v) is 3.88. The van der Waals surface area contributed by atoms with Gasteiger partial charge in [0.2, 0.25) is 0 Å². The Morgan fingerprint density at radius 2 is 2.22 bits per heavy atom. The van der Waals surface area contributed by atoms with Gasteiger partial charge in [0.25, 0.3) is 0 Å². The Balaban J connectivity index is 2.30. The van der Waals surface area contributed by atoms with Gasteiger partial charge in [-0.05, 0) is 37.5 Å². The van der Waals surface area contributed by atoms with Gasteiger partial charge in [0, 0.05) is 0 Å². The summed E-state index contributed by atoms with van der Waals surface area (Å²) in [5.74, 6) is 1.05. The molecule has 0 spiro atoms. The Hall–Kier alpha value is -0.260. The predicted octanol–water partition coefficient (Wildman–Crippen LogP) is 2.75. The van der Waals surface area contributed by atoms with Crippen LogP contribution in [-0.4, -0.2) is 0 Å². The van der Waals surface area contributed by atoms with E-state index in [2.05, 4.69) is 19.9 Å². The van der Waals surface area contributed by atoms with Crippen molar-refractivity contribution in [1.82, 2.24) is 0 Å². The maximum atomic E-state index is 2.43. The summed E-state index contributed by atoms with van der Waals surface area (Å²) < 4.78 is 0. The third-order valence-corrected chi connectivity index (χ3v) is 3.19. The molecular formula is C9H14. The van der Waals surface area contributed by atoms with Gasteiger partial charge in [0.05, 0.1) is 0 Å². The molecule has 3 aliphatic carbocycles. The van der Waals surface area contributed by atoms with E-state index < -0.39 is 0 Å². The fourth-order valence-electron chi connectivity index (χ4n) is 2.29. The van der Waals surface area contributed by atoms with E-state index in [1.54, 1.807) is 5.57 Å². The highest BCUT2D eigenvalue weighted by Gasteiger charge is 2.43. The summed E-state index contributed by atoms with van der Waals surface area (Å²) in [6.07, 6.45) is 6.73. The number of hydrogen-bond donors (Lipinski definition) is 0. The highest BCUT2D eigenvalue weighted by Crippen LogP contribution is 2.55. The zero-order valence-electron chi connectivity index (χ0n) is 6.28. The summed E-state index contributed by atoms with van der Waals surface area (Å²) in [5, 5.41) is 0. The summed E-state index contributed by atoms with van der Waals surface area (Å²) in [6.45, 7) is 4.68. The smallest absolute Gasteiger partial charge is 0.0114 e. The Labute approximate surface area is 57.0 Å². The minimum Gasteiger partial charge on any atom is -0.0848 e. The molecule has 0 radical (unpaired) electrons. The van der Waals surface area contributed by atoms with Gasteiger partial charge in [-0.25, -0.2) is 0 Å². The molecule has 1 saturated carbocycles. The quantitative estimate of drug-likeness (QED) is 0.433. The molecule has 0 N–H and O–H groups in total. The van der Waals surface area contributed by atoms with Crippen LogP contribution in [0.5, 0.6) is 0 Å². The standard InChI is InChI=1S/C9H14/c1-7-3-4-8-5-9(7,2)6-8/h3,8H,4-6H2,1-2H3. The van der Waals surface area contributed by atoms with Crippen molar-refractivity contribution < 1.29 is 0 Å². The number of allylic oxidation sites excluding steroid dienone is 2. The molecule has 0 aliphatic heterocycles. The number of fused-ring (bicyclic) bond motifs is 1. The van der Waals surface area contributed by atoms with Gasteiger partial charge < -0.3 is 0 Å². The third-order valence-electron chi connectivity index (χ3n) is 3.19. The van der Waals surface area contributed by atoms with E-state index in [1.807, 2.05) is 0 Å². The molecule has 0 aromatic rings. The molecule has 9 heavy (non-hydrogen) atoms. The second-order valence-electron chi connectivity index (χ2n) is 3.96. The van der Waals surface area contributed by atoms with Crippen LogP contribution in [0.25, 0.3) is 0 Å². The summed E-state index contributed by atoms with van der Waals surface area (Å²) >= 11 is 0. The minimum absolute atomic E-state index is 0.642. The molecular weight excluding hydrogens is 108 g/mol. The Morgan fingerprint density at radius 3 is 2.56 bits per heavy atom. The van der Waals surface area contributed by atoms with Gasteiger partial charge >= 0.3 is 0 Å². The van der Waals surface area contributed by atoms with Crippen molar-refractivity contribution in [3.8, 4) is 0 Å². The van der Waals surface area contributed by atoms with E-state index >= 15 is 0 Å². The van der Waals surface area contributed by atoms with Crippen LogP contribution < -0.4 is 0 Å². The fraction of sp³-hybridized carbons (Fsp3) is 0.778. The molecule has 2 bridgehead atoms. The van der Waals surface area contributed by atoms with Crippen LogP contribution in [0.2, 0.25) is 0 Å². The second kappa shape index (κ2) is 1.42. The van der Waals surface area contributed by atoms with E-state index in [-0.39, 0.29) is 0 Å². The molecule has 0 saturated heterocycles. The second-order valence-corrected chi connectivity index (χ2v) is 3.96. The van der Waals surface area contributed by atoms with Crippen LogP contribution >= 0.6 is 0 Å². The molecule has 0 atom stereocenters. The maximum absolute atomic E-state index is 2.43. The van der Waals surface area contributed by atoms with Gasteiger partial charge in [0.15, 0.2) is 0 Å². The maximum Gasteiger partial charge on any atom is -0.0114 e. The lowest BCUT2D eigenvalue weighted by atomic mass is 9.55. The zero-order valence-corrected chi connectivity index (χ0v) is 6.28. The van der Waals surface area contributed by atoms with Gasteiger partial charge in [-0.2, -0.15) is 0 Å². The summed E-state index contributed by atoms with van der Waals surface area (Å²) in [4.78, 5) is 0. The molecule has 0 unspecified atom stereocenters. The van der Waals surface area contributed by atoms with Crippen LogP contribution in [0.1, 0.15) is 33.1 Å². The van der Waals surface area contributed by atoms with E-state index in [9.17, 15) is 0 Å². The average Bonchev–Trinajstić information content (AvgIpc) is 1.73. The van der Waals surface area contributed by atoms with Crippen molar-refractivity contribution in [2.75, 3.05) is 0 Å². The molecule has 0 aromatic heterocycles. The highest BCUT2D eigenvalue weighted by molar-refractivity contribution is 5.21. The first-order valence-electron chi connectivity index (χ1n) is 3.88. The predicted molar refractivity (Wildman–Crippen MR) is 39.2 cm³/mol. The lowest BCUT2D eigenvalue weighted by molar-refractivity contribution is 0.101. The van der Waals surface area contributed by atoms with Crippen molar-refractivity contribution in [3.05, 3.63) is 11.6 Å². The van der Waals surface area contributed by atoms with Gasteiger partial charge in [-0.1, -0.05) is 18.6 Å². The minimum atomic E-state index is 0.642. The largest absolute Gasteiger partial charge is 0.0848 e. The van der Waals surface area contributed by atoms with E-state index in [1.165, 1.54) is 19.3 Å². The van der Waals surface area contributed by atoms with Crippen molar-refractivity contribution in [2.24, 2.45) is 11.3 Å². The topological polar surface area (TPSA) is 0 Å². The third kappa shape index (κ3) is 0.593. The monoisotopic (exact) mass is 122 g/mol. The molecule has 0 heterocycles. The first kappa shape index (κ1) is 5.52. The molecule has 0 nitrogen and oxygen atoms in total.